The van der Waals surface area contributed by atoms with E-state index in [4.69, 9.17) is 0 Å². The van der Waals surface area contributed by atoms with Crippen molar-refractivity contribution in [2.75, 3.05) is 0 Å². The Balaban J connectivity index is 2.42. The van der Waals surface area contributed by atoms with Gasteiger partial charge in [-0.3, -0.25) is 0 Å². The highest BCUT2D eigenvalue weighted by Crippen LogP contribution is 2.26. The summed E-state index contributed by atoms with van der Waals surface area (Å²) in [5.74, 6) is 0.889. The molecular formula is C11H10N2O. The van der Waals surface area contributed by atoms with Crippen molar-refractivity contribution >= 4 is 5.57 Å². The zero-order chi connectivity index (χ0) is 9.97. The van der Waals surface area contributed by atoms with E-state index in [-0.39, 0.29) is 5.75 Å². The summed E-state index contributed by atoms with van der Waals surface area (Å²) in [7, 11) is 0. The average molecular weight is 186 g/mol. The minimum absolute atomic E-state index is 0.217. The molecule has 0 atom stereocenters. The van der Waals surface area contributed by atoms with Crippen LogP contribution in [0, 0.1) is 0 Å². The van der Waals surface area contributed by atoms with E-state index in [0.29, 0.717) is 17.0 Å². The SMILES string of the molecule is C=C(c1ncc[nH]1)c1ccccc1O. The Hall–Kier alpha value is -2.03. The van der Waals surface area contributed by atoms with E-state index in [9.17, 15) is 5.11 Å². The smallest absolute Gasteiger partial charge is 0.137 e. The molecule has 0 aliphatic rings. The third kappa shape index (κ3) is 1.40. The third-order valence-corrected chi connectivity index (χ3v) is 2.01. The topological polar surface area (TPSA) is 48.9 Å². The summed E-state index contributed by atoms with van der Waals surface area (Å²) in [6.45, 7) is 3.87. The molecule has 0 amide bonds. The highest BCUT2D eigenvalue weighted by atomic mass is 16.3. The number of imidazole rings is 1. The average Bonchev–Trinajstić information content (AvgIpc) is 2.70. The first-order valence-electron chi connectivity index (χ1n) is 4.26. The molecule has 1 aromatic heterocycles. The maximum atomic E-state index is 9.58. The Morgan fingerprint density at radius 1 is 1.36 bits per heavy atom. The zero-order valence-corrected chi connectivity index (χ0v) is 7.57. The van der Waals surface area contributed by atoms with Gasteiger partial charge in [0, 0.05) is 23.5 Å². The second-order valence-electron chi connectivity index (χ2n) is 2.93. The van der Waals surface area contributed by atoms with Crippen molar-refractivity contribution in [2.24, 2.45) is 0 Å². The normalized spacial score (nSPS) is 10.0. The van der Waals surface area contributed by atoms with Gasteiger partial charge in [-0.2, -0.15) is 0 Å². The Labute approximate surface area is 81.8 Å². The summed E-state index contributed by atoms with van der Waals surface area (Å²) in [6, 6.07) is 7.06. The molecule has 0 spiro atoms. The van der Waals surface area contributed by atoms with Gasteiger partial charge in [0.1, 0.15) is 11.6 Å². The Morgan fingerprint density at radius 3 is 2.79 bits per heavy atom. The summed E-state index contributed by atoms with van der Waals surface area (Å²) in [5, 5.41) is 9.58. The molecule has 0 aliphatic heterocycles. The number of nitrogens with one attached hydrogen (secondary N) is 1. The molecule has 14 heavy (non-hydrogen) atoms. The van der Waals surface area contributed by atoms with Gasteiger partial charge in [0.05, 0.1) is 0 Å². The van der Waals surface area contributed by atoms with E-state index in [1.54, 1.807) is 30.6 Å². The summed E-state index contributed by atoms with van der Waals surface area (Å²) in [4.78, 5) is 7.01. The van der Waals surface area contributed by atoms with Gasteiger partial charge in [0.2, 0.25) is 0 Å². The number of aromatic amines is 1. The van der Waals surface area contributed by atoms with E-state index < -0.39 is 0 Å². The molecule has 3 heteroatoms. The molecule has 3 nitrogen and oxygen atoms in total. The van der Waals surface area contributed by atoms with Crippen molar-refractivity contribution in [3.05, 3.63) is 54.6 Å². The van der Waals surface area contributed by atoms with E-state index in [1.165, 1.54) is 0 Å². The maximum absolute atomic E-state index is 9.58. The van der Waals surface area contributed by atoms with Crippen LogP contribution in [0.4, 0.5) is 0 Å². The monoisotopic (exact) mass is 186 g/mol. The van der Waals surface area contributed by atoms with Gasteiger partial charge in [-0.25, -0.2) is 4.98 Å². The minimum Gasteiger partial charge on any atom is -0.507 e. The summed E-state index contributed by atoms with van der Waals surface area (Å²) < 4.78 is 0. The van der Waals surface area contributed by atoms with Gasteiger partial charge < -0.3 is 10.1 Å². The van der Waals surface area contributed by atoms with Gasteiger partial charge in [-0.05, 0) is 6.07 Å². The number of phenolic OH excluding ortho intramolecular Hbond substituents is 1. The van der Waals surface area contributed by atoms with Crippen molar-refractivity contribution in [3.8, 4) is 5.75 Å². The minimum atomic E-state index is 0.217. The van der Waals surface area contributed by atoms with Crippen molar-refractivity contribution in [1.82, 2.24) is 9.97 Å². The van der Waals surface area contributed by atoms with E-state index in [0.717, 1.165) is 0 Å². The molecule has 1 aromatic carbocycles. The van der Waals surface area contributed by atoms with Gasteiger partial charge in [-0.1, -0.05) is 24.8 Å². The van der Waals surface area contributed by atoms with E-state index in [1.807, 2.05) is 6.07 Å². The zero-order valence-electron chi connectivity index (χ0n) is 7.57. The molecule has 0 radical (unpaired) electrons. The molecule has 70 valence electrons. The van der Waals surface area contributed by atoms with Gasteiger partial charge >= 0.3 is 0 Å². The molecular weight excluding hydrogens is 176 g/mol. The van der Waals surface area contributed by atoms with Crippen LogP contribution in [0.5, 0.6) is 5.75 Å². The summed E-state index contributed by atoms with van der Waals surface area (Å²) >= 11 is 0. The van der Waals surface area contributed by atoms with Crippen LogP contribution >= 0.6 is 0 Å². The van der Waals surface area contributed by atoms with Gasteiger partial charge in [0.15, 0.2) is 0 Å². The molecule has 0 saturated carbocycles. The predicted octanol–water partition coefficient (Wildman–Crippen LogP) is 2.18. The molecule has 2 rings (SSSR count). The Kier molecular flexibility index (Phi) is 2.07. The van der Waals surface area contributed by atoms with Crippen LogP contribution in [0.2, 0.25) is 0 Å². The van der Waals surface area contributed by atoms with Crippen molar-refractivity contribution in [2.45, 2.75) is 0 Å². The van der Waals surface area contributed by atoms with Gasteiger partial charge in [0.25, 0.3) is 0 Å². The lowest BCUT2D eigenvalue weighted by atomic mass is 10.1. The molecule has 2 N–H and O–H groups in total. The van der Waals surface area contributed by atoms with Crippen LogP contribution in [-0.4, -0.2) is 15.1 Å². The number of hydrogen-bond donors (Lipinski definition) is 2. The second-order valence-corrected chi connectivity index (χ2v) is 2.93. The number of nitrogens with zero attached hydrogens (tertiary/aromatic N) is 1. The molecule has 0 unspecified atom stereocenters. The summed E-state index contributed by atoms with van der Waals surface area (Å²) in [5.41, 5.74) is 1.38. The number of benzene rings is 1. The maximum Gasteiger partial charge on any atom is 0.137 e. The number of hydrogen-bond acceptors (Lipinski definition) is 2. The quantitative estimate of drug-likeness (QED) is 0.755. The van der Waals surface area contributed by atoms with Crippen molar-refractivity contribution in [1.29, 1.82) is 0 Å². The molecule has 0 bridgehead atoms. The third-order valence-electron chi connectivity index (χ3n) is 2.01. The molecule has 2 aromatic rings. The first-order valence-corrected chi connectivity index (χ1v) is 4.26. The van der Waals surface area contributed by atoms with Crippen molar-refractivity contribution < 1.29 is 5.11 Å². The second kappa shape index (κ2) is 3.38. The number of phenols is 1. The number of aromatic nitrogens is 2. The van der Waals surface area contributed by atoms with E-state index >= 15 is 0 Å². The first-order chi connectivity index (χ1) is 6.79. The Bertz CT molecular complexity index is 446. The highest BCUT2D eigenvalue weighted by Gasteiger charge is 2.07. The largest absolute Gasteiger partial charge is 0.507 e. The van der Waals surface area contributed by atoms with Crippen LogP contribution in [-0.2, 0) is 0 Å². The highest BCUT2D eigenvalue weighted by molar-refractivity contribution is 5.77. The number of rotatable bonds is 2. The van der Waals surface area contributed by atoms with Crippen LogP contribution in [0.25, 0.3) is 5.57 Å². The lowest BCUT2D eigenvalue weighted by molar-refractivity contribution is 0.473. The fraction of sp³-hybridized carbons (Fsp3) is 0. The van der Waals surface area contributed by atoms with Crippen LogP contribution in [0.1, 0.15) is 11.4 Å². The van der Waals surface area contributed by atoms with E-state index in [2.05, 4.69) is 16.5 Å². The molecule has 1 heterocycles. The first kappa shape index (κ1) is 8.56. The Morgan fingerprint density at radius 2 is 2.14 bits per heavy atom. The number of aromatic hydroxyl groups is 1. The number of H-pyrrole nitrogens is 1. The molecule has 0 aliphatic carbocycles. The number of para-hydroxylation sites is 1. The molecule has 0 fully saturated rings. The predicted molar refractivity (Wildman–Crippen MR) is 54.8 cm³/mol. The van der Waals surface area contributed by atoms with Crippen LogP contribution < -0.4 is 0 Å². The van der Waals surface area contributed by atoms with Crippen LogP contribution in [0.15, 0.2) is 43.2 Å². The fourth-order valence-corrected chi connectivity index (χ4v) is 1.29. The van der Waals surface area contributed by atoms with Crippen LogP contribution in [0.3, 0.4) is 0 Å². The fourth-order valence-electron chi connectivity index (χ4n) is 1.29. The van der Waals surface area contributed by atoms with Crippen molar-refractivity contribution in [3.63, 3.8) is 0 Å². The van der Waals surface area contributed by atoms with Gasteiger partial charge in [-0.15, -0.1) is 0 Å². The standard InChI is InChI=1S/C11H10N2O/c1-8(11-12-6-7-13-11)9-4-2-3-5-10(9)14/h2-7,14H,1H2,(H,12,13). The summed E-state index contributed by atoms with van der Waals surface area (Å²) in [6.07, 6.45) is 3.38. The lowest BCUT2D eigenvalue weighted by Gasteiger charge is -2.04. The lowest BCUT2D eigenvalue weighted by Crippen LogP contribution is -1.88. The molecule has 0 saturated heterocycles.